The molecule has 226 valence electrons. The summed E-state index contributed by atoms with van der Waals surface area (Å²) in [5.74, 6) is -1.31. The van der Waals surface area contributed by atoms with Gasteiger partial charge in [-0.3, -0.25) is 9.59 Å². The maximum atomic E-state index is 16.1. The lowest BCUT2D eigenvalue weighted by molar-refractivity contribution is -0.220. The number of amides is 2. The molecule has 0 aliphatic heterocycles. The van der Waals surface area contributed by atoms with E-state index in [0.717, 1.165) is 37.5 Å². The van der Waals surface area contributed by atoms with E-state index in [-0.39, 0.29) is 22.0 Å². The number of ether oxygens (including phenoxy) is 2. The lowest BCUT2D eigenvalue weighted by Gasteiger charge is -2.39. The van der Waals surface area contributed by atoms with E-state index in [1.807, 2.05) is 0 Å². The molecule has 1 aliphatic rings. The van der Waals surface area contributed by atoms with E-state index in [1.54, 1.807) is 30.3 Å². The van der Waals surface area contributed by atoms with Gasteiger partial charge in [0.1, 0.15) is 6.04 Å². The van der Waals surface area contributed by atoms with Gasteiger partial charge in [0.2, 0.25) is 0 Å². The number of carbonyl (C=O) groups excluding carboxylic acids is 2. The minimum absolute atomic E-state index is 0.0170. The number of nitrogens with one attached hydrogen (secondary N) is 2. The summed E-state index contributed by atoms with van der Waals surface area (Å²) in [5, 5.41) is 2.59. The molecular weight excluding hydrogens is 635 g/mol. The van der Waals surface area contributed by atoms with Crippen LogP contribution in [-0.2, 0) is 10.4 Å². The number of carbonyl (C=O) groups is 2. The van der Waals surface area contributed by atoms with Gasteiger partial charge in [-0.2, -0.15) is 13.2 Å². The minimum atomic E-state index is -5.44. The molecule has 0 saturated carbocycles. The fourth-order valence-electron chi connectivity index (χ4n) is 4.50. The van der Waals surface area contributed by atoms with Crippen LogP contribution in [0.1, 0.15) is 26.3 Å². The molecule has 0 bridgehead atoms. The van der Waals surface area contributed by atoms with Crippen molar-refractivity contribution in [1.82, 2.24) is 5.32 Å². The van der Waals surface area contributed by atoms with E-state index in [2.05, 4.69) is 10.6 Å². The SMILES string of the molecule is COc1c(NC(=O)c2ccccc2)cccc1C(=O)NC1C(Cl)=CC(C(F)(c2ccc(Cl)cc2)C(F)(F)F)=CC1(Cl)OC. The molecule has 0 saturated heterocycles. The highest BCUT2D eigenvalue weighted by Crippen LogP contribution is 2.52. The average molecular weight is 658 g/mol. The van der Waals surface area contributed by atoms with Crippen molar-refractivity contribution < 1.29 is 36.6 Å². The fraction of sp³-hybridized carbons (Fsp3) is 0.200. The average Bonchev–Trinajstić information content (AvgIpc) is 2.98. The van der Waals surface area contributed by atoms with E-state index < -0.39 is 50.9 Å². The Morgan fingerprint density at radius 1 is 0.884 bits per heavy atom. The van der Waals surface area contributed by atoms with Crippen LogP contribution < -0.4 is 15.4 Å². The van der Waals surface area contributed by atoms with Crippen molar-refractivity contribution in [1.29, 1.82) is 0 Å². The number of halogens is 7. The second-order valence-corrected chi connectivity index (χ2v) is 10.8. The van der Waals surface area contributed by atoms with Crippen molar-refractivity contribution in [3.05, 3.63) is 117 Å². The molecule has 0 spiro atoms. The largest absolute Gasteiger partial charge is 0.494 e. The van der Waals surface area contributed by atoms with Gasteiger partial charge in [0.15, 0.2) is 10.8 Å². The van der Waals surface area contributed by atoms with Gasteiger partial charge in [0, 0.05) is 33.9 Å². The molecule has 0 heterocycles. The first kappa shape index (κ1) is 32.3. The second-order valence-electron chi connectivity index (χ2n) is 9.31. The Balaban J connectivity index is 1.67. The number of anilines is 1. The first-order valence-electron chi connectivity index (χ1n) is 12.5. The lowest BCUT2D eigenvalue weighted by atomic mass is 9.82. The summed E-state index contributed by atoms with van der Waals surface area (Å²) in [4.78, 5) is 26.1. The number of methoxy groups -OCH3 is 2. The fourth-order valence-corrected chi connectivity index (χ4v) is 5.31. The Kier molecular flexibility index (Phi) is 9.46. The zero-order valence-electron chi connectivity index (χ0n) is 22.4. The van der Waals surface area contributed by atoms with Crippen LogP contribution in [0.2, 0.25) is 5.02 Å². The molecule has 3 unspecified atom stereocenters. The van der Waals surface area contributed by atoms with Crippen LogP contribution >= 0.6 is 34.8 Å². The van der Waals surface area contributed by atoms with E-state index in [1.165, 1.54) is 25.3 Å². The van der Waals surface area contributed by atoms with Crippen molar-refractivity contribution in [2.75, 3.05) is 19.5 Å². The summed E-state index contributed by atoms with van der Waals surface area (Å²) in [5.41, 5.74) is -5.34. The summed E-state index contributed by atoms with van der Waals surface area (Å²) in [6.07, 6.45) is -4.00. The Bertz CT molecular complexity index is 1580. The van der Waals surface area contributed by atoms with Gasteiger partial charge < -0.3 is 20.1 Å². The third kappa shape index (κ3) is 6.38. The van der Waals surface area contributed by atoms with Crippen molar-refractivity contribution >= 4 is 52.3 Å². The van der Waals surface area contributed by atoms with Gasteiger partial charge in [0.25, 0.3) is 17.5 Å². The second kappa shape index (κ2) is 12.6. The van der Waals surface area contributed by atoms with Crippen LogP contribution in [-0.4, -0.2) is 43.3 Å². The summed E-state index contributed by atoms with van der Waals surface area (Å²) < 4.78 is 69.7. The molecule has 3 aromatic rings. The summed E-state index contributed by atoms with van der Waals surface area (Å²) in [6.45, 7) is 0. The minimum Gasteiger partial charge on any atom is -0.494 e. The zero-order chi connectivity index (χ0) is 31.6. The van der Waals surface area contributed by atoms with E-state index in [4.69, 9.17) is 44.3 Å². The van der Waals surface area contributed by atoms with Crippen LogP contribution in [0.25, 0.3) is 0 Å². The van der Waals surface area contributed by atoms with Gasteiger partial charge in [-0.1, -0.05) is 71.2 Å². The highest BCUT2D eigenvalue weighted by atomic mass is 35.5. The van der Waals surface area contributed by atoms with Crippen LogP contribution in [0, 0.1) is 0 Å². The van der Waals surface area contributed by atoms with Gasteiger partial charge in [-0.25, -0.2) is 4.39 Å². The summed E-state index contributed by atoms with van der Waals surface area (Å²) in [6, 6.07) is 15.2. The van der Waals surface area contributed by atoms with Crippen molar-refractivity contribution in [3.8, 4) is 5.75 Å². The van der Waals surface area contributed by atoms with Crippen LogP contribution in [0.5, 0.6) is 5.75 Å². The molecule has 6 nitrogen and oxygen atoms in total. The normalized spacial score (nSPS) is 19.9. The van der Waals surface area contributed by atoms with E-state index >= 15 is 4.39 Å². The lowest BCUT2D eigenvalue weighted by Crippen LogP contribution is -2.53. The Labute approximate surface area is 259 Å². The van der Waals surface area contributed by atoms with E-state index in [9.17, 15) is 22.8 Å². The van der Waals surface area contributed by atoms with Gasteiger partial charge in [-0.15, -0.1) is 0 Å². The summed E-state index contributed by atoms with van der Waals surface area (Å²) >= 11 is 18.7. The van der Waals surface area contributed by atoms with Crippen molar-refractivity contribution in [3.63, 3.8) is 0 Å². The molecular formula is C30H23Cl3F4N2O4. The molecule has 0 fully saturated rings. The third-order valence-electron chi connectivity index (χ3n) is 6.68. The number of para-hydroxylation sites is 1. The number of allylic oxidation sites excluding steroid dienone is 2. The molecule has 3 atom stereocenters. The number of hydrogen-bond donors (Lipinski definition) is 2. The van der Waals surface area contributed by atoms with Crippen LogP contribution in [0.15, 0.2) is 95.6 Å². The number of benzene rings is 3. The monoisotopic (exact) mass is 656 g/mol. The maximum Gasteiger partial charge on any atom is 0.431 e. The molecule has 2 amide bonds. The predicted octanol–water partition coefficient (Wildman–Crippen LogP) is 7.77. The van der Waals surface area contributed by atoms with Crippen molar-refractivity contribution in [2.45, 2.75) is 22.9 Å². The Morgan fingerprint density at radius 2 is 1.53 bits per heavy atom. The Morgan fingerprint density at radius 3 is 2.12 bits per heavy atom. The highest BCUT2D eigenvalue weighted by molar-refractivity contribution is 6.33. The quantitative estimate of drug-likeness (QED) is 0.192. The summed E-state index contributed by atoms with van der Waals surface area (Å²) in [7, 11) is 2.34. The van der Waals surface area contributed by atoms with Gasteiger partial charge >= 0.3 is 6.18 Å². The molecule has 3 aromatic carbocycles. The predicted molar refractivity (Wildman–Crippen MR) is 157 cm³/mol. The number of hydrogen-bond acceptors (Lipinski definition) is 4. The molecule has 43 heavy (non-hydrogen) atoms. The molecule has 4 rings (SSSR count). The topological polar surface area (TPSA) is 76.7 Å². The zero-order valence-corrected chi connectivity index (χ0v) is 24.7. The smallest absolute Gasteiger partial charge is 0.431 e. The first-order chi connectivity index (χ1) is 20.2. The standard InChI is InChI=1S/C30H23Cl3F4N2O4/c1-42-24-21(9-6-10-23(24)38-26(40)17-7-4-3-5-8-17)27(41)39-25-22(32)15-19(16-28(25,33)43-2)29(34,30(35,36)37)18-11-13-20(31)14-12-18/h3-16,25H,1-2H3,(H,38,40)(H,39,41). The van der Waals surface area contributed by atoms with Crippen LogP contribution in [0.4, 0.5) is 23.2 Å². The highest BCUT2D eigenvalue weighted by Gasteiger charge is 2.61. The third-order valence-corrected chi connectivity index (χ3v) is 7.74. The van der Waals surface area contributed by atoms with Crippen LogP contribution in [0.3, 0.4) is 0 Å². The van der Waals surface area contributed by atoms with E-state index in [0.29, 0.717) is 11.6 Å². The molecule has 13 heteroatoms. The maximum absolute atomic E-state index is 16.1. The molecule has 1 aliphatic carbocycles. The van der Waals surface area contributed by atoms with Gasteiger partial charge in [-0.05, 0) is 48.6 Å². The molecule has 2 N–H and O–H groups in total. The number of alkyl halides is 5. The first-order valence-corrected chi connectivity index (χ1v) is 13.6. The molecule has 0 aromatic heterocycles. The molecule has 0 radical (unpaired) electrons. The Hall–Kier alpha value is -3.57. The number of rotatable bonds is 8. The van der Waals surface area contributed by atoms with Gasteiger partial charge in [0.05, 0.1) is 18.4 Å². The van der Waals surface area contributed by atoms with Crippen molar-refractivity contribution in [2.24, 2.45) is 0 Å².